The minimum absolute atomic E-state index is 0.110. The molecule has 0 aromatic heterocycles. The number of halogens is 1. The largest absolute Gasteiger partial charge is 0.480 e. The minimum atomic E-state index is -1.36. The molecular formula is C12H14BrNO4S. The van der Waals surface area contributed by atoms with Crippen molar-refractivity contribution in [3.05, 3.63) is 34.3 Å². The van der Waals surface area contributed by atoms with Crippen LogP contribution in [0.15, 0.2) is 28.7 Å². The van der Waals surface area contributed by atoms with Crippen molar-refractivity contribution in [3.63, 3.8) is 0 Å². The summed E-state index contributed by atoms with van der Waals surface area (Å²) in [5.74, 6) is -1.49. The average molecular weight is 348 g/mol. The molecule has 1 rings (SSSR count). The van der Waals surface area contributed by atoms with Crippen LogP contribution in [0.2, 0.25) is 0 Å². The quantitative estimate of drug-likeness (QED) is 0.812. The van der Waals surface area contributed by atoms with Gasteiger partial charge in [-0.25, -0.2) is 4.79 Å². The molecule has 0 aliphatic heterocycles. The van der Waals surface area contributed by atoms with Crippen molar-refractivity contribution in [2.75, 3.05) is 5.75 Å². The van der Waals surface area contributed by atoms with Crippen LogP contribution in [-0.2, 0) is 26.1 Å². The monoisotopic (exact) mass is 347 g/mol. The third-order valence-corrected chi connectivity index (χ3v) is 4.10. The molecule has 0 fully saturated rings. The van der Waals surface area contributed by atoms with Gasteiger partial charge < -0.3 is 10.4 Å². The molecule has 5 nitrogen and oxygen atoms in total. The predicted octanol–water partition coefficient (Wildman–Crippen LogP) is 1.29. The van der Waals surface area contributed by atoms with Gasteiger partial charge in [0.05, 0.1) is 5.75 Å². The SMILES string of the molecule is CC(=O)NC(CS(=O)Cc1cccc(Br)c1)C(=O)O. The van der Waals surface area contributed by atoms with Crippen LogP contribution < -0.4 is 5.32 Å². The Kier molecular flexibility index (Phi) is 6.17. The van der Waals surface area contributed by atoms with E-state index in [4.69, 9.17) is 5.11 Å². The van der Waals surface area contributed by atoms with Crippen molar-refractivity contribution in [1.29, 1.82) is 0 Å². The average Bonchev–Trinajstić information content (AvgIpc) is 2.27. The maximum atomic E-state index is 11.9. The summed E-state index contributed by atoms with van der Waals surface area (Å²) in [6.07, 6.45) is 0. The highest BCUT2D eigenvalue weighted by Gasteiger charge is 2.21. The maximum Gasteiger partial charge on any atom is 0.327 e. The van der Waals surface area contributed by atoms with Crippen LogP contribution in [0, 0.1) is 0 Å². The molecule has 0 bridgehead atoms. The summed E-state index contributed by atoms with van der Waals surface area (Å²) in [7, 11) is -1.36. The number of benzene rings is 1. The normalized spacial score (nSPS) is 13.6. The molecule has 0 spiro atoms. The molecule has 0 saturated carbocycles. The van der Waals surface area contributed by atoms with Gasteiger partial charge in [-0.1, -0.05) is 28.1 Å². The molecular weight excluding hydrogens is 334 g/mol. The Morgan fingerprint density at radius 2 is 2.16 bits per heavy atom. The van der Waals surface area contributed by atoms with Gasteiger partial charge in [-0.3, -0.25) is 9.00 Å². The zero-order chi connectivity index (χ0) is 14.4. The van der Waals surface area contributed by atoms with Crippen LogP contribution in [0.3, 0.4) is 0 Å². The second-order valence-corrected chi connectivity index (χ2v) is 6.39. The Morgan fingerprint density at radius 1 is 1.47 bits per heavy atom. The summed E-state index contributed by atoms with van der Waals surface area (Å²) in [6, 6.07) is 6.19. The fourth-order valence-corrected chi connectivity index (χ4v) is 3.19. The molecule has 104 valence electrons. The van der Waals surface area contributed by atoms with Gasteiger partial charge in [-0.05, 0) is 17.7 Å². The van der Waals surface area contributed by atoms with E-state index in [-0.39, 0.29) is 11.5 Å². The lowest BCUT2D eigenvalue weighted by Gasteiger charge is -2.12. The molecule has 1 aromatic rings. The van der Waals surface area contributed by atoms with Crippen LogP contribution in [-0.4, -0.2) is 33.0 Å². The molecule has 2 unspecified atom stereocenters. The first-order chi connectivity index (χ1) is 8.88. The Balaban J connectivity index is 2.62. The van der Waals surface area contributed by atoms with E-state index < -0.39 is 28.7 Å². The predicted molar refractivity (Wildman–Crippen MR) is 76.1 cm³/mol. The highest BCUT2D eigenvalue weighted by Crippen LogP contribution is 2.13. The van der Waals surface area contributed by atoms with Gasteiger partial charge in [-0.2, -0.15) is 0 Å². The van der Waals surface area contributed by atoms with Crippen molar-refractivity contribution in [1.82, 2.24) is 5.32 Å². The zero-order valence-corrected chi connectivity index (χ0v) is 12.7. The number of hydrogen-bond donors (Lipinski definition) is 2. The lowest BCUT2D eigenvalue weighted by Crippen LogP contribution is -2.43. The Bertz CT molecular complexity index is 506. The topological polar surface area (TPSA) is 83.5 Å². The van der Waals surface area contributed by atoms with E-state index in [2.05, 4.69) is 21.2 Å². The molecule has 0 aliphatic carbocycles. The molecule has 0 saturated heterocycles. The molecule has 2 N–H and O–H groups in total. The Morgan fingerprint density at radius 3 is 2.68 bits per heavy atom. The highest BCUT2D eigenvalue weighted by molar-refractivity contribution is 9.10. The molecule has 0 aliphatic rings. The summed E-state index contributed by atoms with van der Waals surface area (Å²) in [5.41, 5.74) is 0.847. The number of amides is 1. The van der Waals surface area contributed by atoms with Crippen LogP contribution in [0.5, 0.6) is 0 Å². The lowest BCUT2D eigenvalue weighted by molar-refractivity contribution is -0.140. The standard InChI is InChI=1S/C12H14BrNO4S/c1-8(15)14-11(12(16)17)7-19(18)6-9-3-2-4-10(13)5-9/h2-5,11H,6-7H2,1H3,(H,14,15)(H,16,17). The van der Waals surface area contributed by atoms with Crippen molar-refractivity contribution in [3.8, 4) is 0 Å². The molecule has 1 aromatic carbocycles. The van der Waals surface area contributed by atoms with Crippen LogP contribution in [0.25, 0.3) is 0 Å². The summed E-state index contributed by atoms with van der Waals surface area (Å²) in [4.78, 5) is 21.8. The van der Waals surface area contributed by atoms with Gasteiger partial charge in [0.1, 0.15) is 6.04 Å². The first kappa shape index (κ1) is 15.8. The molecule has 2 atom stereocenters. The molecule has 19 heavy (non-hydrogen) atoms. The first-order valence-corrected chi connectivity index (χ1v) is 7.76. The van der Waals surface area contributed by atoms with E-state index >= 15 is 0 Å². The molecule has 1 amide bonds. The second kappa shape index (κ2) is 7.40. The van der Waals surface area contributed by atoms with Crippen LogP contribution in [0.4, 0.5) is 0 Å². The van der Waals surface area contributed by atoms with Crippen molar-refractivity contribution >= 4 is 38.6 Å². The van der Waals surface area contributed by atoms with E-state index in [0.717, 1.165) is 10.0 Å². The summed E-state index contributed by atoms with van der Waals surface area (Å²) in [5, 5.41) is 11.2. The summed E-state index contributed by atoms with van der Waals surface area (Å²) in [6.45, 7) is 1.23. The van der Waals surface area contributed by atoms with Gasteiger partial charge in [0, 0.05) is 27.9 Å². The Hall–Kier alpha value is -1.21. The lowest BCUT2D eigenvalue weighted by atomic mass is 10.2. The number of hydrogen-bond acceptors (Lipinski definition) is 3. The maximum absolute atomic E-state index is 11.9. The van der Waals surface area contributed by atoms with Crippen molar-refractivity contribution in [2.24, 2.45) is 0 Å². The van der Waals surface area contributed by atoms with Crippen molar-refractivity contribution in [2.45, 2.75) is 18.7 Å². The summed E-state index contributed by atoms with van der Waals surface area (Å²) >= 11 is 3.31. The van der Waals surface area contributed by atoms with E-state index in [9.17, 15) is 13.8 Å². The third kappa shape index (κ3) is 5.98. The van der Waals surface area contributed by atoms with Gasteiger partial charge in [0.25, 0.3) is 0 Å². The van der Waals surface area contributed by atoms with Crippen molar-refractivity contribution < 1.29 is 18.9 Å². The molecule has 0 heterocycles. The third-order valence-electron chi connectivity index (χ3n) is 2.24. The second-order valence-electron chi connectivity index (χ2n) is 3.97. The number of carboxylic acid groups (broad SMARTS) is 1. The van der Waals surface area contributed by atoms with E-state index in [1.54, 1.807) is 0 Å². The van der Waals surface area contributed by atoms with Gasteiger partial charge in [0.2, 0.25) is 5.91 Å². The number of carbonyl (C=O) groups is 2. The first-order valence-electron chi connectivity index (χ1n) is 5.48. The smallest absolute Gasteiger partial charge is 0.327 e. The van der Waals surface area contributed by atoms with Gasteiger partial charge >= 0.3 is 5.97 Å². The number of aliphatic carboxylic acids is 1. The van der Waals surface area contributed by atoms with E-state index in [1.807, 2.05) is 24.3 Å². The van der Waals surface area contributed by atoms with E-state index in [1.165, 1.54) is 6.92 Å². The number of carbonyl (C=O) groups excluding carboxylic acids is 1. The zero-order valence-electron chi connectivity index (χ0n) is 10.3. The highest BCUT2D eigenvalue weighted by atomic mass is 79.9. The number of nitrogens with one attached hydrogen (secondary N) is 1. The number of rotatable bonds is 6. The molecule has 7 heteroatoms. The number of carboxylic acids is 1. The fraction of sp³-hybridized carbons (Fsp3) is 0.333. The fourth-order valence-electron chi connectivity index (χ4n) is 1.48. The summed E-state index contributed by atoms with van der Waals surface area (Å²) < 4.78 is 12.8. The van der Waals surface area contributed by atoms with Gasteiger partial charge in [-0.15, -0.1) is 0 Å². The molecule has 0 radical (unpaired) electrons. The minimum Gasteiger partial charge on any atom is -0.480 e. The van der Waals surface area contributed by atoms with Crippen LogP contribution in [0.1, 0.15) is 12.5 Å². The van der Waals surface area contributed by atoms with Crippen LogP contribution >= 0.6 is 15.9 Å². The van der Waals surface area contributed by atoms with E-state index in [0.29, 0.717) is 0 Å². The Labute approximate surface area is 122 Å². The van der Waals surface area contributed by atoms with Gasteiger partial charge in [0.15, 0.2) is 0 Å².